The summed E-state index contributed by atoms with van der Waals surface area (Å²) >= 11 is 1.11. The van der Waals surface area contributed by atoms with E-state index in [0.717, 1.165) is 15.6 Å². The highest BCUT2D eigenvalue weighted by atomic mass is 32.2. The van der Waals surface area contributed by atoms with Gasteiger partial charge in [-0.3, -0.25) is 4.79 Å². The molecule has 174 valence electrons. The molecular formula is C21H28N4O5S2. The molecule has 9 nitrogen and oxygen atoms in total. The van der Waals surface area contributed by atoms with Crippen LogP contribution < -0.4 is 9.21 Å². The summed E-state index contributed by atoms with van der Waals surface area (Å²) in [6.07, 6.45) is 3.00. The summed E-state index contributed by atoms with van der Waals surface area (Å²) in [7, 11) is 2.51. The second-order valence-corrected chi connectivity index (χ2v) is 9.88. The van der Waals surface area contributed by atoms with Crippen LogP contribution in [-0.4, -0.2) is 73.9 Å². The van der Waals surface area contributed by atoms with Crippen molar-refractivity contribution in [3.05, 3.63) is 47.9 Å². The molecule has 0 saturated carbocycles. The van der Waals surface area contributed by atoms with Gasteiger partial charge in [0.2, 0.25) is 0 Å². The maximum absolute atomic E-state index is 13.4. The van der Waals surface area contributed by atoms with Gasteiger partial charge in [-0.25, -0.2) is 17.7 Å². The number of methoxy groups -OCH3 is 2. The molecule has 0 bridgehead atoms. The maximum Gasteiger partial charge on any atom is 0.275 e. The summed E-state index contributed by atoms with van der Waals surface area (Å²) in [5.41, 5.74) is 1.43. The van der Waals surface area contributed by atoms with E-state index in [1.54, 1.807) is 59.6 Å². The molecule has 0 aliphatic carbocycles. The Kier molecular flexibility index (Phi) is 9.39. The van der Waals surface area contributed by atoms with E-state index in [9.17, 15) is 13.2 Å². The van der Waals surface area contributed by atoms with Gasteiger partial charge in [-0.1, -0.05) is 30.9 Å². The van der Waals surface area contributed by atoms with Crippen molar-refractivity contribution in [3.8, 4) is 0 Å². The molecule has 1 amide bonds. The Labute approximate surface area is 193 Å². The molecule has 1 heterocycles. The number of hydrogen-bond acceptors (Lipinski definition) is 7. The molecule has 0 spiro atoms. The third-order valence-corrected chi connectivity index (χ3v) is 7.29. The molecule has 32 heavy (non-hydrogen) atoms. The van der Waals surface area contributed by atoms with Crippen molar-refractivity contribution in [3.63, 3.8) is 0 Å². The first-order valence-corrected chi connectivity index (χ1v) is 11.9. The minimum Gasteiger partial charge on any atom is -0.369 e. The van der Waals surface area contributed by atoms with E-state index in [-0.39, 0.29) is 24.2 Å². The van der Waals surface area contributed by atoms with Gasteiger partial charge < -0.3 is 19.3 Å². The van der Waals surface area contributed by atoms with Crippen LogP contribution in [-0.2, 0) is 24.3 Å². The molecule has 0 aliphatic heterocycles. The molecule has 1 aromatic heterocycles. The van der Waals surface area contributed by atoms with E-state index in [1.165, 1.54) is 26.6 Å². The number of ether oxygens (including phenoxy) is 2. The Morgan fingerprint density at radius 3 is 2.44 bits per heavy atom. The van der Waals surface area contributed by atoms with Gasteiger partial charge >= 0.3 is 0 Å². The summed E-state index contributed by atoms with van der Waals surface area (Å²) < 4.78 is 38.7. The molecule has 0 N–H and O–H groups in total. The maximum atomic E-state index is 13.4. The van der Waals surface area contributed by atoms with Gasteiger partial charge in [0.15, 0.2) is 0 Å². The minimum atomic E-state index is -3.91. The number of carbonyl (C=O) groups is 1. The second kappa shape index (κ2) is 11.8. The van der Waals surface area contributed by atoms with Gasteiger partial charge in [-0.15, -0.1) is 11.3 Å². The Bertz CT molecular complexity index is 1040. The van der Waals surface area contributed by atoms with Crippen LogP contribution in [0.25, 0.3) is 6.08 Å². The molecule has 2 rings (SSSR count). The largest absolute Gasteiger partial charge is 0.369 e. The van der Waals surface area contributed by atoms with Gasteiger partial charge in [0.25, 0.3) is 15.9 Å². The van der Waals surface area contributed by atoms with Crippen LogP contribution >= 0.6 is 11.3 Å². The number of hydrogen-bond donors (Lipinski definition) is 0. The number of nitrogens with zero attached hydrogens (tertiary/aromatic N) is 4. The predicted octanol–water partition coefficient (Wildman–Crippen LogP) is 2.72. The third kappa shape index (κ3) is 6.16. The summed E-state index contributed by atoms with van der Waals surface area (Å²) in [6, 6.07) is 8.36. The summed E-state index contributed by atoms with van der Waals surface area (Å²) in [5, 5.41) is 1.69. The lowest BCUT2D eigenvalue weighted by Gasteiger charge is -2.31. The zero-order valence-electron chi connectivity index (χ0n) is 18.6. The molecule has 11 heteroatoms. The second-order valence-electron chi connectivity index (χ2n) is 6.84. The van der Waals surface area contributed by atoms with Crippen molar-refractivity contribution in [2.24, 2.45) is 4.99 Å². The lowest BCUT2D eigenvalue weighted by molar-refractivity contribution is -0.116. The van der Waals surface area contributed by atoms with E-state index < -0.39 is 15.9 Å². The monoisotopic (exact) mass is 480 g/mol. The average molecular weight is 481 g/mol. The van der Waals surface area contributed by atoms with Crippen LogP contribution in [0.2, 0.25) is 0 Å². The number of aliphatic imine (C=N–C) groups is 1. The van der Waals surface area contributed by atoms with Crippen LogP contribution in [0.15, 0.2) is 51.5 Å². The van der Waals surface area contributed by atoms with E-state index in [2.05, 4.69) is 11.6 Å². The Morgan fingerprint density at radius 1 is 1.16 bits per heavy atom. The van der Waals surface area contributed by atoms with Crippen LogP contribution in [0.5, 0.6) is 0 Å². The number of thiophene rings is 1. The fraction of sp³-hybridized carbons (Fsp3) is 0.333. The number of amides is 1. The summed E-state index contributed by atoms with van der Waals surface area (Å²) in [4.78, 5) is 19.7. The number of rotatable bonds is 12. The topological polar surface area (TPSA) is 91.8 Å². The Balaban J connectivity index is 2.63. The lowest BCUT2D eigenvalue weighted by atomic mass is 10.1. The van der Waals surface area contributed by atoms with Gasteiger partial charge in [0, 0.05) is 28.3 Å². The van der Waals surface area contributed by atoms with E-state index in [0.29, 0.717) is 16.9 Å². The number of sulfonamides is 1. The number of anilines is 2. The van der Waals surface area contributed by atoms with E-state index >= 15 is 0 Å². The zero-order chi connectivity index (χ0) is 23.7. The Hall–Kier alpha value is -2.73. The van der Waals surface area contributed by atoms with Crippen molar-refractivity contribution >= 4 is 51.1 Å². The van der Waals surface area contributed by atoms with Gasteiger partial charge in [0.1, 0.15) is 24.2 Å². The predicted molar refractivity (Wildman–Crippen MR) is 129 cm³/mol. The van der Waals surface area contributed by atoms with Crippen LogP contribution in [0.4, 0.5) is 11.4 Å². The van der Waals surface area contributed by atoms with Gasteiger partial charge in [-0.05, 0) is 23.1 Å². The smallest absolute Gasteiger partial charge is 0.275 e. The highest BCUT2D eigenvalue weighted by Crippen LogP contribution is 2.37. The Morgan fingerprint density at radius 2 is 1.88 bits per heavy atom. The van der Waals surface area contributed by atoms with E-state index in [1.807, 2.05) is 0 Å². The molecule has 0 radical (unpaired) electrons. The van der Waals surface area contributed by atoms with Crippen molar-refractivity contribution in [2.75, 3.05) is 57.5 Å². The van der Waals surface area contributed by atoms with Gasteiger partial charge in [-0.2, -0.15) is 0 Å². The minimum absolute atomic E-state index is 0.0287. The van der Waals surface area contributed by atoms with Gasteiger partial charge in [0.05, 0.1) is 17.7 Å². The molecule has 0 saturated heterocycles. The average Bonchev–Trinajstić information content (AvgIpc) is 3.31. The quantitative estimate of drug-likeness (QED) is 0.262. The first-order valence-electron chi connectivity index (χ1n) is 9.54. The van der Waals surface area contributed by atoms with E-state index in [4.69, 9.17) is 9.47 Å². The zero-order valence-corrected chi connectivity index (χ0v) is 20.2. The van der Waals surface area contributed by atoms with Crippen LogP contribution in [0, 0.1) is 0 Å². The highest BCUT2D eigenvalue weighted by molar-refractivity contribution is 7.94. The highest BCUT2D eigenvalue weighted by Gasteiger charge is 2.30. The fourth-order valence-corrected chi connectivity index (χ4v) is 5.38. The molecular weight excluding hydrogens is 452 g/mol. The fourth-order valence-electron chi connectivity index (χ4n) is 2.89. The summed E-state index contributed by atoms with van der Waals surface area (Å²) in [6.45, 7) is 3.52. The standard InChI is InChI=1S/C21H28N4O5S2/c1-6-17-9-7-10-18(25(16-30-5)32(27,28)20-11-8-12-31-20)21(17)24(15-29-4)13-19(26)22-14-23(2)3/h6-12,14H,1,13,15-16H2,2-5H3/b22-14+. The molecule has 0 atom stereocenters. The molecule has 2 aromatic rings. The van der Waals surface area contributed by atoms with Crippen molar-refractivity contribution in [2.45, 2.75) is 4.21 Å². The van der Waals surface area contributed by atoms with Crippen molar-refractivity contribution < 1.29 is 22.7 Å². The van der Waals surface area contributed by atoms with Crippen molar-refractivity contribution in [1.29, 1.82) is 0 Å². The number of para-hydroxylation sites is 1. The first kappa shape index (κ1) is 25.5. The molecule has 1 aromatic carbocycles. The molecule has 0 aliphatic rings. The summed E-state index contributed by atoms with van der Waals surface area (Å²) in [5.74, 6) is -0.417. The number of benzene rings is 1. The van der Waals surface area contributed by atoms with Crippen LogP contribution in [0.3, 0.4) is 0 Å². The molecule has 0 unspecified atom stereocenters. The molecule has 0 fully saturated rings. The normalized spacial score (nSPS) is 11.5. The number of carbonyl (C=O) groups excluding carboxylic acids is 1. The lowest BCUT2D eigenvalue weighted by Crippen LogP contribution is -2.37. The third-order valence-electron chi connectivity index (χ3n) is 4.18. The SMILES string of the molecule is C=Cc1cccc(N(COC)S(=O)(=O)c2cccs2)c1N(COC)CC(=O)/N=C/N(C)C. The van der Waals surface area contributed by atoms with Crippen molar-refractivity contribution in [1.82, 2.24) is 4.90 Å². The first-order chi connectivity index (χ1) is 15.3. The van der Waals surface area contributed by atoms with Crippen LogP contribution in [0.1, 0.15) is 5.56 Å².